The van der Waals surface area contributed by atoms with Crippen molar-refractivity contribution in [1.82, 2.24) is 4.90 Å². The Morgan fingerprint density at radius 2 is 2.11 bits per heavy atom. The minimum absolute atomic E-state index is 0.0505. The number of benzene rings is 1. The van der Waals surface area contributed by atoms with Crippen LogP contribution < -0.4 is 0 Å². The third kappa shape index (κ3) is 5.01. The summed E-state index contributed by atoms with van der Waals surface area (Å²) in [7, 11) is 0. The highest BCUT2D eigenvalue weighted by Gasteiger charge is 2.16. The second-order valence-corrected chi connectivity index (χ2v) is 4.95. The molecule has 1 amide bonds. The van der Waals surface area contributed by atoms with E-state index in [9.17, 15) is 9.90 Å². The van der Waals surface area contributed by atoms with E-state index < -0.39 is 0 Å². The largest absolute Gasteiger partial charge is 0.508 e. The highest BCUT2D eigenvalue weighted by atomic mass is 16.3. The molecular formula is C15H20N2O2. The molecule has 102 valence electrons. The Kier molecular flexibility index (Phi) is 5.87. The Balaban J connectivity index is 2.71. The van der Waals surface area contributed by atoms with E-state index in [0.717, 1.165) is 0 Å². The zero-order valence-corrected chi connectivity index (χ0v) is 11.5. The van der Waals surface area contributed by atoms with Gasteiger partial charge >= 0.3 is 0 Å². The molecule has 1 aromatic rings. The molecule has 0 saturated carbocycles. The summed E-state index contributed by atoms with van der Waals surface area (Å²) in [4.78, 5) is 13.9. The highest BCUT2D eigenvalue weighted by molar-refractivity contribution is 5.79. The summed E-state index contributed by atoms with van der Waals surface area (Å²) in [6.45, 7) is 5.15. The van der Waals surface area contributed by atoms with Crippen LogP contribution in [-0.2, 0) is 11.2 Å². The van der Waals surface area contributed by atoms with Gasteiger partial charge in [-0.3, -0.25) is 4.79 Å². The molecule has 1 N–H and O–H groups in total. The summed E-state index contributed by atoms with van der Waals surface area (Å²) in [5.74, 6) is 0.443. The fourth-order valence-electron chi connectivity index (χ4n) is 1.88. The zero-order valence-electron chi connectivity index (χ0n) is 11.5. The molecule has 0 atom stereocenters. The normalized spacial score (nSPS) is 10.2. The second kappa shape index (κ2) is 7.42. The van der Waals surface area contributed by atoms with Crippen molar-refractivity contribution in [2.45, 2.75) is 26.7 Å². The quantitative estimate of drug-likeness (QED) is 0.853. The number of amides is 1. The van der Waals surface area contributed by atoms with Crippen LogP contribution in [0.25, 0.3) is 0 Å². The molecule has 0 bridgehead atoms. The SMILES string of the molecule is CC(C)CN(CCC#N)C(=O)Cc1ccccc1O. The number of phenolic OH excluding ortho intramolecular Hbond substituents is 1. The van der Waals surface area contributed by atoms with Gasteiger partial charge in [-0.15, -0.1) is 0 Å². The number of nitriles is 1. The lowest BCUT2D eigenvalue weighted by Gasteiger charge is -2.23. The van der Waals surface area contributed by atoms with Gasteiger partial charge in [0, 0.05) is 18.7 Å². The maximum Gasteiger partial charge on any atom is 0.227 e. The van der Waals surface area contributed by atoms with Gasteiger partial charge in [0.1, 0.15) is 5.75 Å². The zero-order chi connectivity index (χ0) is 14.3. The lowest BCUT2D eigenvalue weighted by Crippen LogP contribution is -2.36. The molecule has 0 aromatic heterocycles. The van der Waals surface area contributed by atoms with Gasteiger partial charge in [0.2, 0.25) is 5.91 Å². The summed E-state index contributed by atoms with van der Waals surface area (Å²) >= 11 is 0. The van der Waals surface area contributed by atoms with Gasteiger partial charge in [0.05, 0.1) is 18.9 Å². The van der Waals surface area contributed by atoms with Gasteiger partial charge in [-0.05, 0) is 12.0 Å². The predicted molar refractivity (Wildman–Crippen MR) is 73.5 cm³/mol. The molecule has 0 aliphatic carbocycles. The van der Waals surface area contributed by atoms with Crippen LogP contribution in [0.5, 0.6) is 5.75 Å². The van der Waals surface area contributed by atoms with E-state index in [2.05, 4.69) is 6.07 Å². The van der Waals surface area contributed by atoms with Crippen molar-refractivity contribution in [3.8, 4) is 11.8 Å². The van der Waals surface area contributed by atoms with Crippen molar-refractivity contribution in [2.75, 3.05) is 13.1 Å². The van der Waals surface area contributed by atoms with E-state index in [0.29, 0.717) is 31.0 Å². The summed E-state index contributed by atoms with van der Waals surface area (Å²) < 4.78 is 0. The number of carbonyl (C=O) groups is 1. The first-order valence-electron chi connectivity index (χ1n) is 6.46. The lowest BCUT2D eigenvalue weighted by atomic mass is 10.1. The van der Waals surface area contributed by atoms with E-state index in [1.165, 1.54) is 0 Å². The molecule has 19 heavy (non-hydrogen) atoms. The van der Waals surface area contributed by atoms with Crippen LogP contribution in [0, 0.1) is 17.2 Å². The molecule has 0 unspecified atom stereocenters. The van der Waals surface area contributed by atoms with Crippen LogP contribution in [-0.4, -0.2) is 29.0 Å². The first-order valence-corrected chi connectivity index (χ1v) is 6.46. The minimum Gasteiger partial charge on any atom is -0.508 e. The number of rotatable bonds is 6. The summed E-state index contributed by atoms with van der Waals surface area (Å²) in [5, 5.41) is 18.3. The van der Waals surface area contributed by atoms with Crippen molar-refractivity contribution in [1.29, 1.82) is 5.26 Å². The van der Waals surface area contributed by atoms with Crippen LogP contribution in [0.2, 0.25) is 0 Å². The minimum atomic E-state index is -0.0505. The molecule has 0 saturated heterocycles. The number of para-hydroxylation sites is 1. The van der Waals surface area contributed by atoms with E-state index in [-0.39, 0.29) is 18.1 Å². The molecule has 0 spiro atoms. The fraction of sp³-hybridized carbons (Fsp3) is 0.467. The average Bonchev–Trinajstić information content (AvgIpc) is 2.36. The molecule has 1 aromatic carbocycles. The summed E-state index contributed by atoms with van der Waals surface area (Å²) in [6.07, 6.45) is 0.504. The molecular weight excluding hydrogens is 240 g/mol. The molecule has 0 aliphatic rings. The van der Waals surface area contributed by atoms with Gasteiger partial charge in [0.25, 0.3) is 0 Å². The van der Waals surface area contributed by atoms with E-state index >= 15 is 0 Å². The van der Waals surface area contributed by atoms with Gasteiger partial charge in [-0.2, -0.15) is 5.26 Å². The third-order valence-electron chi connectivity index (χ3n) is 2.77. The fourth-order valence-corrected chi connectivity index (χ4v) is 1.88. The number of nitrogens with zero attached hydrogens (tertiary/aromatic N) is 2. The van der Waals surface area contributed by atoms with Gasteiger partial charge in [0.15, 0.2) is 0 Å². The van der Waals surface area contributed by atoms with Crippen molar-refractivity contribution in [2.24, 2.45) is 5.92 Å². The van der Waals surface area contributed by atoms with Crippen LogP contribution in [0.3, 0.4) is 0 Å². The number of carbonyl (C=O) groups excluding carboxylic acids is 1. The van der Waals surface area contributed by atoms with Crippen LogP contribution in [0.1, 0.15) is 25.8 Å². The van der Waals surface area contributed by atoms with Crippen LogP contribution in [0.15, 0.2) is 24.3 Å². The molecule has 0 aliphatic heterocycles. The van der Waals surface area contributed by atoms with E-state index in [1.807, 2.05) is 13.8 Å². The standard InChI is InChI=1S/C15H20N2O2/c1-12(2)11-17(9-5-8-16)15(19)10-13-6-3-4-7-14(13)18/h3-4,6-7,12,18H,5,9-11H2,1-2H3. The highest BCUT2D eigenvalue weighted by Crippen LogP contribution is 2.17. The monoisotopic (exact) mass is 260 g/mol. The van der Waals surface area contributed by atoms with Crippen molar-refractivity contribution in [3.05, 3.63) is 29.8 Å². The van der Waals surface area contributed by atoms with Crippen molar-refractivity contribution in [3.63, 3.8) is 0 Å². The predicted octanol–water partition coefficient (Wildman–Crippen LogP) is 2.33. The number of hydrogen-bond acceptors (Lipinski definition) is 3. The third-order valence-corrected chi connectivity index (χ3v) is 2.77. The molecule has 0 heterocycles. The smallest absolute Gasteiger partial charge is 0.227 e. The molecule has 0 fully saturated rings. The maximum atomic E-state index is 12.2. The van der Waals surface area contributed by atoms with Gasteiger partial charge < -0.3 is 10.0 Å². The van der Waals surface area contributed by atoms with Gasteiger partial charge in [-0.25, -0.2) is 0 Å². The first kappa shape index (κ1) is 15.0. The van der Waals surface area contributed by atoms with Crippen molar-refractivity contribution >= 4 is 5.91 Å². The van der Waals surface area contributed by atoms with Crippen LogP contribution in [0.4, 0.5) is 0 Å². The molecule has 4 heteroatoms. The Morgan fingerprint density at radius 3 is 2.68 bits per heavy atom. The Bertz CT molecular complexity index is 463. The second-order valence-electron chi connectivity index (χ2n) is 4.95. The molecule has 1 rings (SSSR count). The summed E-state index contributed by atoms with van der Waals surface area (Å²) in [6, 6.07) is 8.90. The van der Waals surface area contributed by atoms with Crippen molar-refractivity contribution < 1.29 is 9.90 Å². The average molecular weight is 260 g/mol. The number of hydrogen-bond donors (Lipinski definition) is 1. The van der Waals surface area contributed by atoms with Crippen LogP contribution >= 0.6 is 0 Å². The molecule has 4 nitrogen and oxygen atoms in total. The molecule has 0 radical (unpaired) electrons. The Hall–Kier alpha value is -2.02. The lowest BCUT2D eigenvalue weighted by molar-refractivity contribution is -0.131. The number of phenols is 1. The topological polar surface area (TPSA) is 64.3 Å². The Labute approximate surface area is 114 Å². The van der Waals surface area contributed by atoms with Gasteiger partial charge in [-0.1, -0.05) is 32.0 Å². The number of aromatic hydroxyl groups is 1. The summed E-state index contributed by atoms with van der Waals surface area (Å²) in [5.41, 5.74) is 0.623. The first-order chi connectivity index (χ1) is 9.04. The maximum absolute atomic E-state index is 12.2. The van der Waals surface area contributed by atoms with E-state index in [4.69, 9.17) is 5.26 Å². The Morgan fingerprint density at radius 1 is 1.42 bits per heavy atom. The van der Waals surface area contributed by atoms with E-state index in [1.54, 1.807) is 29.2 Å².